The molecule has 2 unspecified atom stereocenters. The Morgan fingerprint density at radius 3 is 2.62 bits per heavy atom. The van der Waals surface area contributed by atoms with Gasteiger partial charge in [-0.2, -0.15) is 0 Å². The van der Waals surface area contributed by atoms with Crippen molar-refractivity contribution >= 4 is 0 Å². The van der Waals surface area contributed by atoms with Crippen molar-refractivity contribution in [3.05, 3.63) is 24.3 Å². The zero-order valence-electron chi connectivity index (χ0n) is 9.29. The maximum Gasteiger partial charge on any atom is 0.0770 e. The number of fused-ring (bicyclic) bond motifs is 3. The molecule has 3 saturated heterocycles. The highest BCUT2D eigenvalue weighted by atomic mass is 15.3. The highest BCUT2D eigenvalue weighted by Gasteiger charge is 2.36. The smallest absolute Gasteiger partial charge is 0.0770 e. The van der Waals surface area contributed by atoms with Gasteiger partial charge in [-0.05, 0) is 0 Å². The predicted octanol–water partition coefficient (Wildman–Crippen LogP) is -0.524. The van der Waals surface area contributed by atoms with Crippen LogP contribution >= 0.6 is 0 Å². The van der Waals surface area contributed by atoms with E-state index in [2.05, 4.69) is 19.8 Å². The number of nitrogens with zero attached hydrogens (tertiary/aromatic N) is 4. The van der Waals surface area contributed by atoms with E-state index in [0.717, 1.165) is 25.3 Å². The zero-order valence-corrected chi connectivity index (χ0v) is 9.29. The van der Waals surface area contributed by atoms with Crippen molar-refractivity contribution in [1.29, 1.82) is 0 Å². The van der Waals surface area contributed by atoms with E-state index in [1.165, 1.54) is 13.1 Å². The molecule has 0 amide bonds. The zero-order chi connectivity index (χ0) is 11.0. The summed E-state index contributed by atoms with van der Waals surface area (Å²) in [5.74, 6) is 0. The second kappa shape index (κ2) is 4.08. The van der Waals surface area contributed by atoms with E-state index in [9.17, 15) is 0 Å². The summed E-state index contributed by atoms with van der Waals surface area (Å²) >= 11 is 0. The van der Waals surface area contributed by atoms with Crippen LogP contribution in [0.5, 0.6) is 0 Å². The monoisotopic (exact) mass is 219 g/mol. The number of hydrogen-bond donors (Lipinski definition) is 1. The van der Waals surface area contributed by atoms with Crippen LogP contribution in [0.1, 0.15) is 11.7 Å². The fraction of sp³-hybridized carbons (Fsp3) is 0.636. The van der Waals surface area contributed by atoms with Crippen LogP contribution in [0, 0.1) is 0 Å². The SMILES string of the molecule is NC(c1cnccn1)C1CN2CCN1CC2. The van der Waals surface area contributed by atoms with E-state index in [0.29, 0.717) is 6.04 Å². The third-order valence-electron chi connectivity index (χ3n) is 3.66. The van der Waals surface area contributed by atoms with Crippen LogP contribution in [-0.2, 0) is 0 Å². The summed E-state index contributed by atoms with van der Waals surface area (Å²) in [5, 5.41) is 0. The van der Waals surface area contributed by atoms with E-state index < -0.39 is 0 Å². The largest absolute Gasteiger partial charge is 0.321 e. The summed E-state index contributed by atoms with van der Waals surface area (Å²) in [6, 6.07) is 0.385. The molecule has 3 aliphatic heterocycles. The maximum absolute atomic E-state index is 6.29. The van der Waals surface area contributed by atoms with Gasteiger partial charge in [-0.1, -0.05) is 0 Å². The minimum atomic E-state index is -0.0169. The molecular weight excluding hydrogens is 202 g/mol. The molecule has 0 saturated carbocycles. The molecule has 0 spiro atoms. The molecule has 0 aromatic carbocycles. The molecule has 86 valence electrons. The Hall–Kier alpha value is -1.04. The molecule has 5 heteroatoms. The molecule has 2 bridgehead atoms. The van der Waals surface area contributed by atoms with Crippen molar-refractivity contribution in [3.63, 3.8) is 0 Å². The first-order chi connectivity index (χ1) is 7.84. The van der Waals surface area contributed by atoms with Gasteiger partial charge in [0.05, 0.1) is 17.9 Å². The number of aromatic nitrogens is 2. The van der Waals surface area contributed by atoms with Gasteiger partial charge in [0.15, 0.2) is 0 Å². The average Bonchev–Trinajstić information content (AvgIpc) is 2.40. The third kappa shape index (κ3) is 1.71. The summed E-state index contributed by atoms with van der Waals surface area (Å²) in [4.78, 5) is 13.4. The van der Waals surface area contributed by atoms with E-state index in [-0.39, 0.29) is 6.04 Å². The summed E-state index contributed by atoms with van der Waals surface area (Å²) in [7, 11) is 0. The maximum atomic E-state index is 6.29. The standard InChI is InChI=1S/C11H17N5/c12-11(9-7-13-1-2-14-9)10-8-15-3-5-16(10)6-4-15/h1-2,7,10-11H,3-6,8,12H2. The van der Waals surface area contributed by atoms with Crippen LogP contribution in [-0.4, -0.2) is 58.5 Å². The van der Waals surface area contributed by atoms with Crippen molar-refractivity contribution in [2.75, 3.05) is 32.7 Å². The minimum absolute atomic E-state index is 0.0169. The molecule has 0 radical (unpaired) electrons. The lowest BCUT2D eigenvalue weighted by molar-refractivity contribution is 0.00155. The van der Waals surface area contributed by atoms with Gasteiger partial charge in [-0.15, -0.1) is 0 Å². The predicted molar refractivity (Wildman–Crippen MR) is 60.8 cm³/mol. The highest BCUT2D eigenvalue weighted by molar-refractivity contribution is 5.08. The van der Waals surface area contributed by atoms with E-state index in [4.69, 9.17) is 5.73 Å². The third-order valence-corrected chi connectivity index (χ3v) is 3.66. The van der Waals surface area contributed by atoms with Crippen LogP contribution in [0.2, 0.25) is 0 Å². The highest BCUT2D eigenvalue weighted by Crippen LogP contribution is 2.23. The summed E-state index contributed by atoms with van der Waals surface area (Å²) in [6.45, 7) is 5.71. The Kier molecular flexibility index (Phi) is 2.59. The number of hydrogen-bond acceptors (Lipinski definition) is 5. The molecule has 0 aliphatic carbocycles. The van der Waals surface area contributed by atoms with E-state index >= 15 is 0 Å². The molecule has 16 heavy (non-hydrogen) atoms. The molecule has 1 aromatic rings. The van der Waals surface area contributed by atoms with Crippen LogP contribution in [0.15, 0.2) is 18.6 Å². The van der Waals surface area contributed by atoms with Gasteiger partial charge in [0, 0.05) is 51.2 Å². The lowest BCUT2D eigenvalue weighted by atomic mass is 9.99. The van der Waals surface area contributed by atoms with Crippen molar-refractivity contribution in [1.82, 2.24) is 19.8 Å². The molecule has 1 aromatic heterocycles. The number of nitrogens with two attached hydrogens (primary N) is 1. The van der Waals surface area contributed by atoms with Crippen LogP contribution in [0.4, 0.5) is 0 Å². The Bertz CT molecular complexity index is 347. The molecule has 3 aliphatic rings. The van der Waals surface area contributed by atoms with Crippen LogP contribution in [0.25, 0.3) is 0 Å². The van der Waals surface area contributed by atoms with Crippen molar-refractivity contribution in [2.24, 2.45) is 5.73 Å². The summed E-state index contributed by atoms with van der Waals surface area (Å²) in [5.41, 5.74) is 7.19. The number of piperazine rings is 3. The van der Waals surface area contributed by atoms with Gasteiger partial charge in [0.1, 0.15) is 0 Å². The van der Waals surface area contributed by atoms with E-state index in [1.807, 2.05) is 0 Å². The molecule has 5 nitrogen and oxygen atoms in total. The number of rotatable bonds is 2. The summed E-state index contributed by atoms with van der Waals surface area (Å²) in [6.07, 6.45) is 5.18. The molecule has 4 heterocycles. The molecule has 2 atom stereocenters. The first-order valence-electron chi connectivity index (χ1n) is 5.82. The Morgan fingerprint density at radius 1 is 1.25 bits per heavy atom. The molecule has 3 fully saturated rings. The van der Waals surface area contributed by atoms with Gasteiger partial charge >= 0.3 is 0 Å². The van der Waals surface area contributed by atoms with Gasteiger partial charge < -0.3 is 5.73 Å². The first-order valence-corrected chi connectivity index (χ1v) is 5.82. The lowest BCUT2D eigenvalue weighted by Gasteiger charge is -2.49. The summed E-state index contributed by atoms with van der Waals surface area (Å²) < 4.78 is 0. The Labute approximate surface area is 95.3 Å². The van der Waals surface area contributed by atoms with Gasteiger partial charge in [-0.3, -0.25) is 19.8 Å². The Balaban J connectivity index is 1.78. The molecule has 2 N–H and O–H groups in total. The lowest BCUT2D eigenvalue weighted by Crippen LogP contribution is -2.63. The van der Waals surface area contributed by atoms with Gasteiger partial charge in [0.2, 0.25) is 0 Å². The van der Waals surface area contributed by atoms with Crippen LogP contribution < -0.4 is 5.73 Å². The second-order valence-corrected chi connectivity index (χ2v) is 4.56. The van der Waals surface area contributed by atoms with Crippen molar-refractivity contribution in [2.45, 2.75) is 12.1 Å². The van der Waals surface area contributed by atoms with E-state index in [1.54, 1.807) is 18.6 Å². The first kappa shape index (κ1) is 10.1. The fourth-order valence-electron chi connectivity index (χ4n) is 2.68. The average molecular weight is 219 g/mol. The van der Waals surface area contributed by atoms with Crippen LogP contribution in [0.3, 0.4) is 0 Å². The van der Waals surface area contributed by atoms with Crippen molar-refractivity contribution in [3.8, 4) is 0 Å². The topological polar surface area (TPSA) is 58.3 Å². The quantitative estimate of drug-likeness (QED) is 0.725. The Morgan fingerprint density at radius 2 is 2.06 bits per heavy atom. The van der Waals surface area contributed by atoms with Gasteiger partial charge in [0.25, 0.3) is 0 Å². The normalized spacial score (nSPS) is 34.9. The van der Waals surface area contributed by atoms with Crippen molar-refractivity contribution < 1.29 is 0 Å². The fourth-order valence-corrected chi connectivity index (χ4v) is 2.68. The molecule has 4 rings (SSSR count). The minimum Gasteiger partial charge on any atom is -0.321 e. The van der Waals surface area contributed by atoms with Gasteiger partial charge in [-0.25, -0.2) is 0 Å². The second-order valence-electron chi connectivity index (χ2n) is 4.56. The molecular formula is C11H17N5.